The van der Waals surface area contributed by atoms with Crippen LogP contribution in [0.15, 0.2) is 24.3 Å². The van der Waals surface area contributed by atoms with Crippen molar-refractivity contribution in [2.75, 3.05) is 25.1 Å². The number of hydrogen-bond donors (Lipinski definition) is 2. The minimum atomic E-state index is -0.162. The van der Waals surface area contributed by atoms with Gasteiger partial charge in [-0.05, 0) is 37.8 Å². The van der Waals surface area contributed by atoms with E-state index in [1.54, 1.807) is 12.1 Å². The van der Waals surface area contributed by atoms with Gasteiger partial charge in [-0.3, -0.25) is 9.59 Å². The number of benzene rings is 1. The summed E-state index contributed by atoms with van der Waals surface area (Å²) in [5.74, 6) is 0.509. The highest BCUT2D eigenvalue weighted by molar-refractivity contribution is 6.03. The van der Waals surface area contributed by atoms with Gasteiger partial charge in [0.05, 0.1) is 11.3 Å². The van der Waals surface area contributed by atoms with Gasteiger partial charge in [0.2, 0.25) is 5.91 Å². The van der Waals surface area contributed by atoms with Gasteiger partial charge in [-0.25, -0.2) is 0 Å². The largest absolute Gasteiger partial charge is 0.382 e. The molecule has 0 spiro atoms. The third-order valence-electron chi connectivity index (χ3n) is 4.91. The number of anilines is 1. The fourth-order valence-electron chi connectivity index (χ4n) is 3.43. The molecule has 2 amide bonds. The Bertz CT molecular complexity index is 568. The highest BCUT2D eigenvalue weighted by Crippen LogP contribution is 2.27. The zero-order valence-electron chi connectivity index (χ0n) is 15.9. The van der Waals surface area contributed by atoms with E-state index in [1.165, 1.54) is 32.1 Å². The first-order chi connectivity index (χ1) is 12.7. The number of hydrogen-bond acceptors (Lipinski definition) is 3. The average molecular weight is 360 g/mol. The summed E-state index contributed by atoms with van der Waals surface area (Å²) in [5, 5.41) is 5.80. The Balaban J connectivity index is 1.80. The van der Waals surface area contributed by atoms with Gasteiger partial charge in [-0.1, -0.05) is 44.2 Å². The van der Waals surface area contributed by atoms with Crippen LogP contribution in [0.1, 0.15) is 68.6 Å². The monoisotopic (exact) mass is 360 g/mol. The fraction of sp³-hybridized carbons (Fsp3) is 0.619. The molecular formula is C21H32N2O3. The maximum atomic E-state index is 12.4. The molecule has 144 valence electrons. The Labute approximate surface area is 156 Å². The van der Waals surface area contributed by atoms with Crippen molar-refractivity contribution in [1.82, 2.24) is 5.32 Å². The number of ether oxygens (including phenoxy) is 1. The number of carbonyl (C=O) groups excluding carboxylic acids is 2. The van der Waals surface area contributed by atoms with E-state index in [1.807, 2.05) is 19.1 Å². The van der Waals surface area contributed by atoms with Crippen molar-refractivity contribution >= 4 is 17.5 Å². The van der Waals surface area contributed by atoms with Gasteiger partial charge in [0, 0.05) is 26.2 Å². The summed E-state index contributed by atoms with van der Waals surface area (Å²) in [5.41, 5.74) is 1.10. The minimum absolute atomic E-state index is 0.00725. The lowest BCUT2D eigenvalue weighted by atomic mass is 9.86. The average Bonchev–Trinajstić information content (AvgIpc) is 2.67. The molecule has 1 fully saturated rings. The van der Waals surface area contributed by atoms with Crippen LogP contribution in [0.3, 0.4) is 0 Å². The van der Waals surface area contributed by atoms with Gasteiger partial charge < -0.3 is 15.4 Å². The smallest absolute Gasteiger partial charge is 0.253 e. The topological polar surface area (TPSA) is 67.4 Å². The Morgan fingerprint density at radius 3 is 2.69 bits per heavy atom. The van der Waals surface area contributed by atoms with Crippen molar-refractivity contribution in [3.8, 4) is 0 Å². The zero-order chi connectivity index (χ0) is 18.6. The van der Waals surface area contributed by atoms with E-state index in [0.29, 0.717) is 43.3 Å². The molecule has 26 heavy (non-hydrogen) atoms. The van der Waals surface area contributed by atoms with Crippen LogP contribution in [0.4, 0.5) is 5.69 Å². The first kappa shape index (κ1) is 20.4. The van der Waals surface area contributed by atoms with Gasteiger partial charge in [-0.15, -0.1) is 0 Å². The summed E-state index contributed by atoms with van der Waals surface area (Å²) in [6.45, 7) is 3.83. The molecule has 5 nitrogen and oxygen atoms in total. The molecule has 1 aliphatic carbocycles. The molecule has 0 unspecified atom stereocenters. The molecule has 0 aromatic heterocycles. The van der Waals surface area contributed by atoms with Crippen LogP contribution >= 0.6 is 0 Å². The summed E-state index contributed by atoms with van der Waals surface area (Å²) >= 11 is 0. The van der Waals surface area contributed by atoms with Crippen molar-refractivity contribution in [1.29, 1.82) is 0 Å². The van der Waals surface area contributed by atoms with Crippen molar-refractivity contribution in [3.05, 3.63) is 29.8 Å². The zero-order valence-corrected chi connectivity index (χ0v) is 15.9. The first-order valence-electron chi connectivity index (χ1n) is 9.95. The molecule has 0 radical (unpaired) electrons. The van der Waals surface area contributed by atoms with E-state index in [9.17, 15) is 9.59 Å². The van der Waals surface area contributed by atoms with Crippen LogP contribution in [0, 0.1) is 5.92 Å². The molecule has 2 N–H and O–H groups in total. The van der Waals surface area contributed by atoms with Crippen molar-refractivity contribution < 1.29 is 14.3 Å². The van der Waals surface area contributed by atoms with Gasteiger partial charge in [-0.2, -0.15) is 0 Å². The summed E-state index contributed by atoms with van der Waals surface area (Å²) in [4.78, 5) is 24.7. The molecule has 0 heterocycles. The fourth-order valence-corrected chi connectivity index (χ4v) is 3.43. The maximum absolute atomic E-state index is 12.4. The predicted octanol–water partition coefficient (Wildman–Crippen LogP) is 4.14. The second kappa shape index (κ2) is 11.7. The third kappa shape index (κ3) is 7.16. The lowest BCUT2D eigenvalue weighted by molar-refractivity contribution is -0.116. The van der Waals surface area contributed by atoms with E-state index in [2.05, 4.69) is 10.6 Å². The lowest BCUT2D eigenvalue weighted by Crippen LogP contribution is -2.27. The number of rotatable bonds is 10. The van der Waals surface area contributed by atoms with E-state index < -0.39 is 0 Å². The van der Waals surface area contributed by atoms with Crippen molar-refractivity contribution in [2.45, 2.75) is 58.3 Å². The number of nitrogens with one attached hydrogen (secondary N) is 2. The summed E-state index contributed by atoms with van der Waals surface area (Å²) < 4.78 is 5.27. The Hall–Kier alpha value is -1.88. The molecule has 1 aliphatic rings. The van der Waals surface area contributed by atoms with Gasteiger partial charge >= 0.3 is 0 Å². The van der Waals surface area contributed by atoms with Crippen LogP contribution in [-0.2, 0) is 9.53 Å². The van der Waals surface area contributed by atoms with Crippen LogP contribution in [0.2, 0.25) is 0 Å². The molecule has 1 aromatic rings. The van der Waals surface area contributed by atoms with Gasteiger partial charge in [0.25, 0.3) is 5.91 Å². The molecule has 0 atom stereocenters. The maximum Gasteiger partial charge on any atom is 0.253 e. The number of carbonyl (C=O) groups is 2. The lowest BCUT2D eigenvalue weighted by Gasteiger charge is -2.21. The van der Waals surface area contributed by atoms with E-state index in [0.717, 1.165) is 12.8 Å². The third-order valence-corrected chi connectivity index (χ3v) is 4.91. The second-order valence-electron chi connectivity index (χ2n) is 6.94. The molecule has 5 heteroatoms. The Morgan fingerprint density at radius 2 is 1.92 bits per heavy atom. The number of amides is 2. The second-order valence-corrected chi connectivity index (χ2v) is 6.94. The van der Waals surface area contributed by atoms with Crippen LogP contribution in [-0.4, -0.2) is 31.6 Å². The molecule has 0 bridgehead atoms. The Morgan fingerprint density at radius 1 is 1.15 bits per heavy atom. The van der Waals surface area contributed by atoms with Gasteiger partial charge in [0.15, 0.2) is 0 Å². The van der Waals surface area contributed by atoms with Crippen molar-refractivity contribution in [3.63, 3.8) is 0 Å². The summed E-state index contributed by atoms with van der Waals surface area (Å²) in [7, 11) is 0. The van der Waals surface area contributed by atoms with Crippen LogP contribution in [0.25, 0.3) is 0 Å². The summed E-state index contributed by atoms with van der Waals surface area (Å²) in [6.07, 6.45) is 8.64. The SMILES string of the molecule is CCOCCCNC(=O)c1ccccc1NC(=O)CCC1CCCCC1. The first-order valence-corrected chi connectivity index (χ1v) is 9.95. The molecule has 0 aliphatic heterocycles. The highest BCUT2D eigenvalue weighted by atomic mass is 16.5. The van der Waals surface area contributed by atoms with Gasteiger partial charge in [0.1, 0.15) is 0 Å². The predicted molar refractivity (Wildman–Crippen MR) is 104 cm³/mol. The van der Waals surface area contributed by atoms with E-state index in [4.69, 9.17) is 4.74 Å². The quantitative estimate of drug-likeness (QED) is 0.616. The van der Waals surface area contributed by atoms with E-state index >= 15 is 0 Å². The molecular weight excluding hydrogens is 328 g/mol. The molecule has 1 saturated carbocycles. The molecule has 0 saturated heterocycles. The molecule has 2 rings (SSSR count). The highest BCUT2D eigenvalue weighted by Gasteiger charge is 2.16. The van der Waals surface area contributed by atoms with Crippen LogP contribution < -0.4 is 10.6 Å². The standard InChI is InChI=1S/C21H32N2O3/c1-2-26-16-8-15-22-21(25)18-11-6-7-12-19(18)23-20(24)14-13-17-9-4-3-5-10-17/h6-7,11-12,17H,2-5,8-10,13-16H2,1H3,(H,22,25)(H,23,24). The normalized spacial score (nSPS) is 14.8. The van der Waals surface area contributed by atoms with Crippen molar-refractivity contribution in [2.24, 2.45) is 5.92 Å². The number of para-hydroxylation sites is 1. The van der Waals surface area contributed by atoms with Crippen LogP contribution in [0.5, 0.6) is 0 Å². The minimum Gasteiger partial charge on any atom is -0.382 e. The molecule has 1 aromatic carbocycles. The van der Waals surface area contributed by atoms with E-state index in [-0.39, 0.29) is 11.8 Å². The summed E-state index contributed by atoms with van der Waals surface area (Å²) in [6, 6.07) is 7.18. The Kier molecular flexibility index (Phi) is 9.18.